The molecule has 20 heavy (non-hydrogen) atoms. The lowest BCUT2D eigenvalue weighted by atomic mass is 10.1. The van der Waals surface area contributed by atoms with Gasteiger partial charge < -0.3 is 10.0 Å². The summed E-state index contributed by atoms with van der Waals surface area (Å²) in [7, 11) is 0. The van der Waals surface area contributed by atoms with Crippen molar-refractivity contribution in [1.82, 2.24) is 9.88 Å². The van der Waals surface area contributed by atoms with Crippen LogP contribution in [0.3, 0.4) is 0 Å². The van der Waals surface area contributed by atoms with Gasteiger partial charge in [0.2, 0.25) is 5.91 Å². The fourth-order valence-electron chi connectivity index (χ4n) is 2.07. The second kappa shape index (κ2) is 5.30. The van der Waals surface area contributed by atoms with Crippen LogP contribution in [0.5, 0.6) is 0 Å². The van der Waals surface area contributed by atoms with E-state index in [1.165, 1.54) is 23.5 Å². The molecule has 3 rings (SSSR count). The molecule has 0 unspecified atom stereocenters. The van der Waals surface area contributed by atoms with Gasteiger partial charge in [-0.1, -0.05) is 12.1 Å². The highest BCUT2D eigenvalue weighted by molar-refractivity contribution is 7.13. The molecule has 1 aliphatic rings. The number of likely N-dealkylation sites (tertiary alicyclic amines) is 1. The van der Waals surface area contributed by atoms with E-state index in [4.69, 9.17) is 5.11 Å². The van der Waals surface area contributed by atoms with E-state index in [-0.39, 0.29) is 18.1 Å². The zero-order valence-corrected chi connectivity index (χ0v) is 11.4. The highest BCUT2D eigenvalue weighted by Crippen LogP contribution is 2.24. The molecule has 2 aromatic rings. The highest BCUT2D eigenvalue weighted by atomic mass is 32.1. The van der Waals surface area contributed by atoms with E-state index in [9.17, 15) is 9.18 Å². The van der Waals surface area contributed by atoms with Gasteiger partial charge in [0, 0.05) is 24.0 Å². The smallest absolute Gasteiger partial charge is 0.228 e. The third kappa shape index (κ3) is 2.71. The summed E-state index contributed by atoms with van der Waals surface area (Å²) in [6.07, 6.45) is -0.171. The number of carbonyl (C=O) groups is 1. The fraction of sp³-hybridized carbons (Fsp3) is 0.286. The number of benzene rings is 1. The fourth-order valence-corrected chi connectivity index (χ4v) is 2.88. The largest absolute Gasteiger partial charge is 0.389 e. The van der Waals surface area contributed by atoms with E-state index in [2.05, 4.69) is 4.98 Å². The Morgan fingerprint density at radius 2 is 2.30 bits per heavy atom. The minimum Gasteiger partial charge on any atom is -0.389 e. The average molecular weight is 292 g/mol. The number of rotatable bonds is 3. The maximum Gasteiger partial charge on any atom is 0.228 e. The third-order valence-corrected chi connectivity index (χ3v) is 4.11. The van der Waals surface area contributed by atoms with Gasteiger partial charge in [-0.25, -0.2) is 9.37 Å². The molecule has 1 saturated heterocycles. The van der Waals surface area contributed by atoms with Gasteiger partial charge in [0.25, 0.3) is 0 Å². The zero-order valence-electron chi connectivity index (χ0n) is 10.6. The number of hydrogen-bond acceptors (Lipinski definition) is 4. The summed E-state index contributed by atoms with van der Waals surface area (Å²) in [5, 5.41) is 11.7. The summed E-state index contributed by atoms with van der Waals surface area (Å²) in [5.74, 6) is -0.337. The van der Waals surface area contributed by atoms with Gasteiger partial charge in [-0.05, 0) is 12.1 Å². The van der Waals surface area contributed by atoms with Crippen molar-refractivity contribution in [2.75, 3.05) is 13.1 Å². The third-order valence-electron chi connectivity index (χ3n) is 3.17. The lowest BCUT2D eigenvalue weighted by Crippen LogP contribution is -2.53. The van der Waals surface area contributed by atoms with Crippen molar-refractivity contribution in [2.45, 2.75) is 12.5 Å². The Morgan fingerprint density at radius 3 is 3.00 bits per heavy atom. The Balaban J connectivity index is 1.69. The van der Waals surface area contributed by atoms with Gasteiger partial charge in [0.1, 0.15) is 10.8 Å². The molecule has 1 amide bonds. The molecule has 6 heteroatoms. The number of thiazole rings is 1. The monoisotopic (exact) mass is 292 g/mol. The van der Waals surface area contributed by atoms with Crippen LogP contribution in [0, 0.1) is 5.82 Å². The standard InChI is InChI=1S/C14H13FN2O2S/c15-10-3-1-2-9(4-10)14-16-11(8-20-14)5-13(19)17-6-12(18)7-17/h1-4,8,12,18H,5-7H2. The van der Waals surface area contributed by atoms with E-state index in [0.717, 1.165) is 0 Å². The van der Waals surface area contributed by atoms with Crippen molar-refractivity contribution < 1.29 is 14.3 Å². The number of aromatic nitrogens is 1. The maximum absolute atomic E-state index is 13.2. The van der Waals surface area contributed by atoms with Crippen molar-refractivity contribution in [3.05, 3.63) is 41.2 Å². The first-order chi connectivity index (χ1) is 9.61. The summed E-state index contributed by atoms with van der Waals surface area (Å²) < 4.78 is 13.2. The van der Waals surface area contributed by atoms with Gasteiger partial charge >= 0.3 is 0 Å². The summed E-state index contributed by atoms with van der Waals surface area (Å²) in [6, 6.07) is 6.24. The van der Waals surface area contributed by atoms with Crippen LogP contribution in [0.4, 0.5) is 4.39 Å². The van der Waals surface area contributed by atoms with Gasteiger partial charge in [-0.2, -0.15) is 0 Å². The van der Waals surface area contributed by atoms with Crippen LogP contribution in [0.15, 0.2) is 29.6 Å². The number of β-amino-alcohol motifs (C(OH)–C–C–N with tert-alkyl or cyclic N) is 1. The Labute approximate surface area is 119 Å². The van der Waals surface area contributed by atoms with Crippen LogP contribution in [0.25, 0.3) is 10.6 Å². The lowest BCUT2D eigenvalue weighted by Gasteiger charge is -2.35. The van der Waals surface area contributed by atoms with Crippen molar-refractivity contribution >= 4 is 17.2 Å². The predicted molar refractivity (Wildman–Crippen MR) is 73.8 cm³/mol. The molecule has 1 aliphatic heterocycles. The normalized spacial score (nSPS) is 15.2. The van der Waals surface area contributed by atoms with Crippen LogP contribution >= 0.6 is 11.3 Å². The topological polar surface area (TPSA) is 53.4 Å². The Hall–Kier alpha value is -1.79. The Kier molecular flexibility index (Phi) is 3.50. The van der Waals surface area contributed by atoms with Crippen LogP contribution in [0.1, 0.15) is 5.69 Å². The second-order valence-corrected chi connectivity index (χ2v) is 5.64. The number of amides is 1. The van der Waals surface area contributed by atoms with E-state index in [1.54, 1.807) is 17.0 Å². The van der Waals surface area contributed by atoms with Crippen LogP contribution in [-0.4, -0.2) is 40.1 Å². The predicted octanol–water partition coefficient (Wildman–Crippen LogP) is 1.69. The van der Waals surface area contributed by atoms with E-state index in [0.29, 0.717) is 29.4 Å². The van der Waals surface area contributed by atoms with E-state index < -0.39 is 6.10 Å². The molecule has 0 spiro atoms. The molecule has 0 saturated carbocycles. The van der Waals surface area contributed by atoms with Gasteiger partial charge in [0.05, 0.1) is 18.2 Å². The zero-order chi connectivity index (χ0) is 14.1. The molecule has 1 N–H and O–H groups in total. The second-order valence-electron chi connectivity index (χ2n) is 4.78. The summed E-state index contributed by atoms with van der Waals surface area (Å²) >= 11 is 1.39. The van der Waals surface area contributed by atoms with Crippen molar-refractivity contribution in [3.8, 4) is 10.6 Å². The minimum atomic E-state index is -0.391. The number of nitrogens with zero attached hydrogens (tertiary/aromatic N) is 2. The van der Waals surface area contributed by atoms with Crippen molar-refractivity contribution in [2.24, 2.45) is 0 Å². The molecule has 1 aromatic heterocycles. The first-order valence-electron chi connectivity index (χ1n) is 6.28. The first-order valence-corrected chi connectivity index (χ1v) is 7.16. The van der Waals surface area contributed by atoms with Crippen molar-refractivity contribution in [3.63, 3.8) is 0 Å². The molecular formula is C14H13FN2O2S. The number of carbonyl (C=O) groups excluding carboxylic acids is 1. The molecule has 0 atom stereocenters. The SMILES string of the molecule is O=C(Cc1csc(-c2cccc(F)c2)n1)N1CC(O)C1. The maximum atomic E-state index is 13.2. The molecule has 2 heterocycles. The quantitative estimate of drug-likeness (QED) is 0.936. The molecule has 4 nitrogen and oxygen atoms in total. The van der Waals surface area contributed by atoms with Gasteiger partial charge in [0.15, 0.2) is 0 Å². The average Bonchev–Trinajstić information content (AvgIpc) is 2.83. The number of aliphatic hydroxyl groups excluding tert-OH is 1. The molecule has 0 bridgehead atoms. The summed E-state index contributed by atoms with van der Waals surface area (Å²) in [4.78, 5) is 17.8. The number of halogens is 1. The lowest BCUT2D eigenvalue weighted by molar-refractivity contribution is -0.140. The minimum absolute atomic E-state index is 0.0357. The highest BCUT2D eigenvalue weighted by Gasteiger charge is 2.28. The molecule has 1 aromatic carbocycles. The number of aliphatic hydroxyl groups is 1. The molecule has 1 fully saturated rings. The van der Waals surface area contributed by atoms with Crippen LogP contribution in [0.2, 0.25) is 0 Å². The van der Waals surface area contributed by atoms with Crippen LogP contribution < -0.4 is 0 Å². The van der Waals surface area contributed by atoms with E-state index in [1.807, 2.05) is 5.38 Å². The molecular weight excluding hydrogens is 279 g/mol. The number of hydrogen-bond donors (Lipinski definition) is 1. The van der Waals surface area contributed by atoms with Crippen molar-refractivity contribution in [1.29, 1.82) is 0 Å². The molecule has 0 aliphatic carbocycles. The van der Waals surface area contributed by atoms with Crippen LogP contribution in [-0.2, 0) is 11.2 Å². The molecule has 104 valence electrons. The molecule has 0 radical (unpaired) electrons. The van der Waals surface area contributed by atoms with E-state index >= 15 is 0 Å². The summed E-state index contributed by atoms with van der Waals surface area (Å²) in [6.45, 7) is 0.805. The Bertz CT molecular complexity index is 638. The van der Waals surface area contributed by atoms with Gasteiger partial charge in [-0.15, -0.1) is 11.3 Å². The summed E-state index contributed by atoms with van der Waals surface area (Å²) in [5.41, 5.74) is 1.40. The van der Waals surface area contributed by atoms with Gasteiger partial charge in [-0.3, -0.25) is 4.79 Å². The Morgan fingerprint density at radius 1 is 1.50 bits per heavy atom. The first kappa shape index (κ1) is 13.2.